The Morgan fingerprint density at radius 3 is 2.55 bits per heavy atom. The second-order valence-electron chi connectivity index (χ2n) is 5.95. The zero-order chi connectivity index (χ0) is 15.1. The number of nitrogens with zero attached hydrogens (tertiary/aromatic N) is 1. The van der Waals surface area contributed by atoms with E-state index in [9.17, 15) is 4.39 Å². The van der Waals surface area contributed by atoms with Gasteiger partial charge in [0.25, 0.3) is 0 Å². The van der Waals surface area contributed by atoms with Crippen LogP contribution in [0.25, 0.3) is 0 Å². The van der Waals surface area contributed by atoms with Gasteiger partial charge in [-0.05, 0) is 44.4 Å². The van der Waals surface area contributed by atoms with Crippen molar-refractivity contribution in [3.63, 3.8) is 0 Å². The molecule has 0 fully saturated rings. The van der Waals surface area contributed by atoms with E-state index < -0.39 is 0 Å². The molecule has 0 aliphatic heterocycles. The van der Waals surface area contributed by atoms with Gasteiger partial charge in [-0.2, -0.15) is 0 Å². The largest absolute Gasteiger partial charge is 0.374 e. The van der Waals surface area contributed by atoms with E-state index in [1.807, 2.05) is 20.0 Å². The van der Waals surface area contributed by atoms with E-state index in [4.69, 9.17) is 0 Å². The molecule has 1 unspecified atom stereocenters. The average Bonchev–Trinajstić information content (AvgIpc) is 2.41. The number of benzene rings is 1. The van der Waals surface area contributed by atoms with Crippen molar-refractivity contribution in [1.82, 2.24) is 5.32 Å². The lowest BCUT2D eigenvalue weighted by atomic mass is 10.0. The fraction of sp³-hybridized carbons (Fsp3) is 0.647. The van der Waals surface area contributed by atoms with Crippen molar-refractivity contribution in [2.75, 3.05) is 25.0 Å². The summed E-state index contributed by atoms with van der Waals surface area (Å²) >= 11 is 0. The van der Waals surface area contributed by atoms with Gasteiger partial charge in [-0.3, -0.25) is 0 Å². The highest BCUT2D eigenvalue weighted by Crippen LogP contribution is 2.28. The maximum Gasteiger partial charge on any atom is 0.130 e. The maximum atomic E-state index is 14.2. The van der Waals surface area contributed by atoms with Gasteiger partial charge in [-0.15, -0.1) is 0 Å². The van der Waals surface area contributed by atoms with E-state index in [1.54, 1.807) is 12.1 Å². The molecule has 0 heterocycles. The highest BCUT2D eigenvalue weighted by Gasteiger charge is 2.17. The summed E-state index contributed by atoms with van der Waals surface area (Å²) in [7, 11) is 2.05. The molecule has 0 aliphatic rings. The molecule has 1 aromatic rings. The summed E-state index contributed by atoms with van der Waals surface area (Å²) < 4.78 is 14.2. The van der Waals surface area contributed by atoms with E-state index >= 15 is 0 Å². The smallest absolute Gasteiger partial charge is 0.130 e. The molecule has 20 heavy (non-hydrogen) atoms. The molecular weight excluding hydrogens is 251 g/mol. The van der Waals surface area contributed by atoms with Crippen molar-refractivity contribution < 1.29 is 4.39 Å². The topological polar surface area (TPSA) is 15.3 Å². The number of hydrogen-bond acceptors (Lipinski definition) is 2. The Morgan fingerprint density at radius 2 is 1.95 bits per heavy atom. The molecule has 0 spiro atoms. The summed E-state index contributed by atoms with van der Waals surface area (Å²) in [6.07, 6.45) is 2.17. The lowest BCUT2D eigenvalue weighted by Crippen LogP contribution is -2.26. The van der Waals surface area contributed by atoms with Gasteiger partial charge in [0, 0.05) is 30.9 Å². The molecule has 0 radical (unpaired) electrons. The maximum absolute atomic E-state index is 14.2. The van der Waals surface area contributed by atoms with Crippen LogP contribution in [0.1, 0.15) is 52.1 Å². The minimum Gasteiger partial charge on any atom is -0.374 e. The van der Waals surface area contributed by atoms with Gasteiger partial charge in [0.15, 0.2) is 0 Å². The molecule has 2 nitrogen and oxygen atoms in total. The summed E-state index contributed by atoms with van der Waals surface area (Å²) in [5, 5.41) is 3.38. The molecular formula is C17H29FN2. The Labute approximate surface area is 123 Å². The first-order valence-electron chi connectivity index (χ1n) is 7.70. The van der Waals surface area contributed by atoms with E-state index in [0.29, 0.717) is 5.92 Å². The first kappa shape index (κ1) is 17.0. The molecule has 0 saturated heterocycles. The van der Waals surface area contributed by atoms with E-state index in [2.05, 4.69) is 31.0 Å². The minimum absolute atomic E-state index is 0.0349. The highest BCUT2D eigenvalue weighted by atomic mass is 19.1. The molecule has 0 saturated carbocycles. The molecule has 0 bridgehead atoms. The third-order valence-electron chi connectivity index (χ3n) is 3.62. The van der Waals surface area contributed by atoms with Crippen LogP contribution in [0.2, 0.25) is 0 Å². The van der Waals surface area contributed by atoms with E-state index in [-0.39, 0.29) is 11.9 Å². The minimum atomic E-state index is -0.116. The van der Waals surface area contributed by atoms with Gasteiger partial charge in [-0.1, -0.05) is 26.8 Å². The molecule has 3 heteroatoms. The van der Waals surface area contributed by atoms with Gasteiger partial charge < -0.3 is 10.2 Å². The zero-order valence-corrected chi connectivity index (χ0v) is 13.5. The first-order valence-corrected chi connectivity index (χ1v) is 7.70. The number of rotatable bonds is 8. The molecule has 1 rings (SSSR count). The van der Waals surface area contributed by atoms with Crippen molar-refractivity contribution in [3.8, 4) is 0 Å². The molecule has 0 amide bonds. The fourth-order valence-electron chi connectivity index (χ4n) is 2.32. The van der Waals surface area contributed by atoms with E-state index in [1.165, 1.54) is 0 Å². The van der Waals surface area contributed by atoms with Crippen LogP contribution in [0.5, 0.6) is 0 Å². The van der Waals surface area contributed by atoms with Crippen LogP contribution in [-0.2, 0) is 0 Å². The van der Waals surface area contributed by atoms with Crippen LogP contribution >= 0.6 is 0 Å². The predicted octanol–water partition coefficient (Wildman–Crippen LogP) is 4.37. The van der Waals surface area contributed by atoms with E-state index in [0.717, 1.165) is 37.2 Å². The normalized spacial score (nSPS) is 12.8. The Morgan fingerprint density at radius 1 is 1.25 bits per heavy atom. The van der Waals surface area contributed by atoms with Gasteiger partial charge in [0.05, 0.1) is 0 Å². The lowest BCUT2D eigenvalue weighted by Gasteiger charge is -2.26. The Hall–Kier alpha value is -1.09. The summed E-state index contributed by atoms with van der Waals surface area (Å²) in [6, 6.07) is 5.40. The van der Waals surface area contributed by atoms with Crippen molar-refractivity contribution in [1.29, 1.82) is 0 Å². The summed E-state index contributed by atoms with van der Waals surface area (Å²) in [5.74, 6) is 0.542. The quantitative estimate of drug-likeness (QED) is 0.760. The van der Waals surface area contributed by atoms with Crippen molar-refractivity contribution in [2.24, 2.45) is 5.92 Å². The Bertz CT molecular complexity index is 404. The monoisotopic (exact) mass is 280 g/mol. The molecule has 1 atom stereocenters. The molecule has 1 N–H and O–H groups in total. The zero-order valence-electron chi connectivity index (χ0n) is 13.5. The highest BCUT2D eigenvalue weighted by molar-refractivity contribution is 5.55. The van der Waals surface area contributed by atoms with Crippen molar-refractivity contribution in [2.45, 2.75) is 46.6 Å². The first-order chi connectivity index (χ1) is 9.47. The van der Waals surface area contributed by atoms with Gasteiger partial charge in [0.1, 0.15) is 5.82 Å². The molecule has 0 aromatic heterocycles. The van der Waals surface area contributed by atoms with Crippen LogP contribution in [0.15, 0.2) is 18.2 Å². The summed E-state index contributed by atoms with van der Waals surface area (Å²) in [6.45, 7) is 10.4. The van der Waals surface area contributed by atoms with Crippen molar-refractivity contribution >= 4 is 5.69 Å². The van der Waals surface area contributed by atoms with Crippen LogP contribution < -0.4 is 10.2 Å². The predicted molar refractivity (Wildman–Crippen MR) is 85.8 cm³/mol. The second kappa shape index (κ2) is 8.25. The summed E-state index contributed by atoms with van der Waals surface area (Å²) in [4.78, 5) is 2.17. The second-order valence-corrected chi connectivity index (χ2v) is 5.95. The van der Waals surface area contributed by atoms with Gasteiger partial charge in [-0.25, -0.2) is 4.39 Å². The third-order valence-corrected chi connectivity index (χ3v) is 3.62. The lowest BCUT2D eigenvalue weighted by molar-refractivity contribution is 0.524. The van der Waals surface area contributed by atoms with Gasteiger partial charge >= 0.3 is 0 Å². The summed E-state index contributed by atoms with van der Waals surface area (Å²) in [5.41, 5.74) is 1.79. The number of nitrogens with one attached hydrogen (secondary N) is 1. The van der Waals surface area contributed by atoms with Crippen LogP contribution in [-0.4, -0.2) is 20.1 Å². The van der Waals surface area contributed by atoms with Crippen LogP contribution in [0.4, 0.5) is 10.1 Å². The molecule has 0 aliphatic carbocycles. The SMILES string of the molecule is CCCNC(C)c1c(F)cccc1N(C)CCC(C)C. The molecule has 114 valence electrons. The van der Waals surface area contributed by atoms with Crippen LogP contribution in [0.3, 0.4) is 0 Å². The van der Waals surface area contributed by atoms with Gasteiger partial charge in [0.2, 0.25) is 0 Å². The number of hydrogen-bond donors (Lipinski definition) is 1. The number of halogens is 1. The Kier molecular flexibility index (Phi) is 7.00. The standard InChI is InChI=1S/C17H29FN2/c1-6-11-19-14(4)17-15(18)8-7-9-16(17)20(5)12-10-13(2)3/h7-9,13-14,19H,6,10-12H2,1-5H3. The number of anilines is 1. The van der Waals surface area contributed by atoms with Crippen molar-refractivity contribution in [3.05, 3.63) is 29.6 Å². The Balaban J connectivity index is 2.92. The third kappa shape index (κ3) is 4.78. The molecule has 1 aromatic carbocycles. The fourth-order valence-corrected chi connectivity index (χ4v) is 2.32. The average molecular weight is 280 g/mol. The van der Waals surface area contributed by atoms with Crippen LogP contribution in [0, 0.1) is 11.7 Å².